The van der Waals surface area contributed by atoms with E-state index in [4.69, 9.17) is 16.0 Å². The zero-order chi connectivity index (χ0) is 39.2. The summed E-state index contributed by atoms with van der Waals surface area (Å²) >= 11 is 0. The van der Waals surface area contributed by atoms with E-state index in [9.17, 15) is 0 Å². The van der Waals surface area contributed by atoms with E-state index in [2.05, 4.69) is 163 Å². The number of hydrogen-bond donors (Lipinski definition) is 0. The van der Waals surface area contributed by atoms with Crippen LogP contribution in [0.25, 0.3) is 50.3 Å². The third-order valence-corrected chi connectivity index (χ3v) is 13.8. The Kier molecular flexibility index (Phi) is 9.15. The van der Waals surface area contributed by atoms with Gasteiger partial charge in [0, 0.05) is 45.4 Å². The number of allylic oxidation sites excluding steroid dienone is 1. The highest BCUT2D eigenvalue weighted by molar-refractivity contribution is 6.89. The maximum Gasteiger partial charge on any atom is 0.249 e. The van der Waals surface area contributed by atoms with Gasteiger partial charge < -0.3 is 4.42 Å². The van der Waals surface area contributed by atoms with E-state index in [0.29, 0.717) is 5.92 Å². The second kappa shape index (κ2) is 13.4. The number of aromatic nitrogens is 3. The van der Waals surface area contributed by atoms with Crippen LogP contribution >= 0.6 is 0 Å². The predicted molar refractivity (Wildman–Crippen MR) is 232 cm³/mol. The smallest absolute Gasteiger partial charge is 0.249 e. The molecule has 0 bridgehead atoms. The van der Waals surface area contributed by atoms with E-state index in [0.717, 1.165) is 71.3 Å². The first-order chi connectivity index (χ1) is 25.9. The molecule has 2 aromatic carbocycles. The molecule has 0 saturated carbocycles. The van der Waals surface area contributed by atoms with E-state index < -0.39 is 8.07 Å². The first kappa shape index (κ1) is 37.6. The molecular formula is C50H61N3OSi+2. The molecule has 0 radical (unpaired) electrons. The van der Waals surface area contributed by atoms with Crippen LogP contribution in [-0.4, -0.2) is 13.1 Å². The van der Waals surface area contributed by atoms with Gasteiger partial charge in [-0.3, -0.25) is 0 Å². The van der Waals surface area contributed by atoms with Crippen LogP contribution in [0.5, 0.6) is 0 Å². The predicted octanol–water partition coefficient (Wildman–Crippen LogP) is 11.6. The van der Waals surface area contributed by atoms with E-state index in [1.165, 1.54) is 39.1 Å². The van der Waals surface area contributed by atoms with Crippen LogP contribution < -0.4 is 14.3 Å². The van der Waals surface area contributed by atoms with Gasteiger partial charge in [-0.1, -0.05) is 105 Å². The van der Waals surface area contributed by atoms with E-state index in [1.807, 2.05) is 0 Å². The zero-order valence-electron chi connectivity index (χ0n) is 35.2. The molecule has 0 saturated heterocycles. The molecule has 0 aliphatic carbocycles. The minimum Gasteiger partial charge on any atom is -0.437 e. The van der Waals surface area contributed by atoms with Crippen LogP contribution in [-0.2, 0) is 25.7 Å². The molecule has 0 amide bonds. The number of benzene rings is 2. The Labute approximate surface area is 330 Å². The third-order valence-electron chi connectivity index (χ3n) is 11.7. The van der Waals surface area contributed by atoms with Gasteiger partial charge >= 0.3 is 0 Å². The van der Waals surface area contributed by atoms with Crippen LogP contribution in [0.4, 0.5) is 0 Å². The van der Waals surface area contributed by atoms with Crippen molar-refractivity contribution in [3.05, 3.63) is 114 Å². The van der Waals surface area contributed by atoms with Gasteiger partial charge in [0.15, 0.2) is 18.0 Å². The molecule has 6 aromatic rings. The number of pyridine rings is 3. The lowest BCUT2D eigenvalue weighted by molar-refractivity contribution is -0.726. The molecule has 8 rings (SSSR count). The lowest BCUT2D eigenvalue weighted by atomic mass is 9.78. The Bertz CT molecular complexity index is 2480. The van der Waals surface area contributed by atoms with Gasteiger partial charge in [-0.2, -0.15) is 9.13 Å². The average Bonchev–Trinajstić information content (AvgIpc) is 3.46. The monoisotopic (exact) mass is 747 g/mol. The molecular weight excluding hydrogens is 687 g/mol. The van der Waals surface area contributed by atoms with E-state index >= 15 is 0 Å². The fourth-order valence-electron chi connectivity index (χ4n) is 9.56. The molecule has 284 valence electrons. The van der Waals surface area contributed by atoms with Gasteiger partial charge in [-0.15, -0.1) is 0 Å². The lowest BCUT2D eigenvalue weighted by Crippen LogP contribution is -2.57. The van der Waals surface area contributed by atoms with Crippen molar-refractivity contribution >= 4 is 41.0 Å². The first-order valence-electron chi connectivity index (χ1n) is 20.6. The summed E-state index contributed by atoms with van der Waals surface area (Å²) in [5, 5.41) is 3.77. The molecule has 6 heterocycles. The third kappa shape index (κ3) is 7.03. The van der Waals surface area contributed by atoms with E-state index in [1.54, 1.807) is 5.19 Å². The zero-order valence-corrected chi connectivity index (χ0v) is 36.2. The van der Waals surface area contributed by atoms with Crippen molar-refractivity contribution in [1.82, 2.24) is 4.98 Å². The van der Waals surface area contributed by atoms with Gasteiger partial charge in [-0.05, 0) is 95.9 Å². The van der Waals surface area contributed by atoms with Gasteiger partial charge in [-0.25, -0.2) is 4.98 Å². The molecule has 0 spiro atoms. The number of fused-ring (bicyclic) bond motifs is 13. The SMILES string of the molecule is C=C1C2C(CCc3ccc4c(oc5nc(CC(C)C)ccc54)c3-c3cc(CC(C)(C)C)cc[n+]31)c1ccccc1-c1cc(CC(C)(C)C)c([Si](C)(C)C)c[n+]12. The minimum absolute atomic E-state index is 0.0432. The Balaban J connectivity index is 1.41. The molecule has 0 fully saturated rings. The van der Waals surface area contributed by atoms with Crippen molar-refractivity contribution in [2.24, 2.45) is 16.7 Å². The summed E-state index contributed by atoms with van der Waals surface area (Å²) in [5.41, 5.74) is 14.8. The van der Waals surface area contributed by atoms with Crippen molar-refractivity contribution in [1.29, 1.82) is 0 Å². The van der Waals surface area contributed by atoms with Gasteiger partial charge in [0.05, 0.1) is 19.6 Å². The molecule has 4 aromatic heterocycles. The van der Waals surface area contributed by atoms with Gasteiger partial charge in [0.2, 0.25) is 28.8 Å². The Morgan fingerprint density at radius 1 is 0.873 bits per heavy atom. The second-order valence-electron chi connectivity index (χ2n) is 20.5. The molecule has 2 unspecified atom stereocenters. The fraction of sp³-hybridized carbons (Fsp3) is 0.420. The molecule has 2 aliphatic rings. The summed E-state index contributed by atoms with van der Waals surface area (Å²) in [6, 6.07) is 25.6. The summed E-state index contributed by atoms with van der Waals surface area (Å²) < 4.78 is 12.0. The largest absolute Gasteiger partial charge is 0.437 e. The lowest BCUT2D eigenvalue weighted by Gasteiger charge is -2.32. The highest BCUT2D eigenvalue weighted by Crippen LogP contribution is 2.47. The van der Waals surface area contributed by atoms with Gasteiger partial charge in [0.25, 0.3) is 0 Å². The maximum absolute atomic E-state index is 6.93. The summed E-state index contributed by atoms with van der Waals surface area (Å²) in [5.74, 6) is 0.772. The van der Waals surface area contributed by atoms with Crippen LogP contribution in [0.3, 0.4) is 0 Å². The standard InChI is InChI=1S/C50H61N3OSi/c1-31(2)25-36-19-22-41-40-21-18-34-17-20-39-37-15-13-14-16-38(37)42-27-35(29-50(7,8)9)44(55(10,11)12)30-53(42)46(39)32(3)52-24-23-33(28-49(4,5)6)26-43(52)45(34)47(40)54-48(41)51-36/h13-16,18-19,21-24,26-27,30-31,39,46H,3,17,20,25,28-29H2,1-2,4-12H3/q+2. The molecule has 2 aliphatic heterocycles. The molecule has 5 heteroatoms. The van der Waals surface area contributed by atoms with Crippen molar-refractivity contribution in [2.45, 2.75) is 119 Å². The molecule has 0 N–H and O–H groups in total. The summed E-state index contributed by atoms with van der Waals surface area (Å²) in [6.45, 7) is 31.2. The number of hydrogen-bond acceptors (Lipinski definition) is 2. The van der Waals surface area contributed by atoms with Crippen LogP contribution in [0.2, 0.25) is 19.6 Å². The first-order valence-corrected chi connectivity index (χ1v) is 24.1. The number of nitrogens with zero attached hydrogens (tertiary/aromatic N) is 3. The van der Waals surface area contributed by atoms with Crippen molar-refractivity contribution in [3.8, 4) is 22.5 Å². The van der Waals surface area contributed by atoms with Crippen LogP contribution in [0, 0.1) is 16.7 Å². The quantitative estimate of drug-likeness (QED) is 0.130. The summed E-state index contributed by atoms with van der Waals surface area (Å²) in [6.07, 6.45) is 9.77. The van der Waals surface area contributed by atoms with Crippen molar-refractivity contribution in [3.63, 3.8) is 0 Å². The van der Waals surface area contributed by atoms with Gasteiger partial charge in [0.1, 0.15) is 0 Å². The highest BCUT2D eigenvalue weighted by atomic mass is 28.3. The molecule has 2 atom stereocenters. The van der Waals surface area contributed by atoms with Crippen LogP contribution in [0.15, 0.2) is 90.1 Å². The normalized spacial score (nSPS) is 17.3. The van der Waals surface area contributed by atoms with Crippen LogP contribution in [0.1, 0.15) is 102 Å². The van der Waals surface area contributed by atoms with E-state index in [-0.39, 0.29) is 22.8 Å². The van der Waals surface area contributed by atoms with Crippen molar-refractivity contribution in [2.75, 3.05) is 0 Å². The second-order valence-corrected chi connectivity index (χ2v) is 25.6. The molecule has 55 heavy (non-hydrogen) atoms. The maximum atomic E-state index is 6.93. The Morgan fingerprint density at radius 2 is 1.60 bits per heavy atom. The number of aryl methyl sites for hydroxylation is 1. The number of rotatable bonds is 5. The summed E-state index contributed by atoms with van der Waals surface area (Å²) in [7, 11) is -1.73. The molecule has 4 nitrogen and oxygen atoms in total. The Hall–Kier alpha value is -4.35. The Morgan fingerprint density at radius 3 is 2.31 bits per heavy atom. The fourth-order valence-corrected chi connectivity index (χ4v) is 11.2. The summed E-state index contributed by atoms with van der Waals surface area (Å²) in [4.78, 5) is 5.07. The topological polar surface area (TPSA) is 33.8 Å². The average molecular weight is 748 g/mol. The van der Waals surface area contributed by atoms with Crippen molar-refractivity contribution < 1.29 is 13.6 Å². The number of furan rings is 1. The highest BCUT2D eigenvalue weighted by Gasteiger charge is 2.48. The minimum atomic E-state index is -1.73.